The molecule has 4 rings (SSSR count). The smallest absolute Gasteiger partial charge is 0.257 e. The third-order valence-electron chi connectivity index (χ3n) is 5.90. The van der Waals surface area contributed by atoms with Crippen molar-refractivity contribution in [2.75, 3.05) is 26.2 Å². The highest BCUT2D eigenvalue weighted by molar-refractivity contribution is 6.30. The minimum atomic E-state index is 0.135. The highest BCUT2D eigenvalue weighted by Crippen LogP contribution is 2.32. The molecular weight excluding hydrogens is 360 g/mol. The molecular formula is C21H27ClN4O. The molecule has 27 heavy (non-hydrogen) atoms. The normalized spacial score (nSPS) is 19.4. The lowest BCUT2D eigenvalue weighted by atomic mass is 9.91. The highest BCUT2D eigenvalue weighted by atomic mass is 35.5. The minimum absolute atomic E-state index is 0.135. The summed E-state index contributed by atoms with van der Waals surface area (Å²) in [6, 6.07) is 7.68. The molecule has 2 aromatic rings. The quantitative estimate of drug-likeness (QED) is 0.871. The van der Waals surface area contributed by atoms with Crippen LogP contribution in [0.4, 0.5) is 0 Å². The fourth-order valence-corrected chi connectivity index (χ4v) is 4.31. The summed E-state index contributed by atoms with van der Waals surface area (Å²) >= 11 is 6.06. The van der Waals surface area contributed by atoms with E-state index in [4.69, 9.17) is 11.6 Å². The average molecular weight is 387 g/mol. The Morgan fingerprint density at radius 2 is 1.78 bits per heavy atom. The molecule has 2 fully saturated rings. The number of benzene rings is 1. The van der Waals surface area contributed by atoms with Gasteiger partial charge in [0, 0.05) is 24.0 Å². The predicted molar refractivity (Wildman–Crippen MR) is 108 cm³/mol. The van der Waals surface area contributed by atoms with E-state index in [0.717, 1.165) is 68.8 Å². The molecule has 0 saturated carbocycles. The Bertz CT molecular complexity index is 787. The number of halogens is 1. The maximum absolute atomic E-state index is 13.3. The number of amides is 1. The summed E-state index contributed by atoms with van der Waals surface area (Å²) in [7, 11) is 0. The molecule has 0 spiro atoms. The Balaban J connectivity index is 1.70. The van der Waals surface area contributed by atoms with Gasteiger partial charge < -0.3 is 10.2 Å². The summed E-state index contributed by atoms with van der Waals surface area (Å²) < 4.78 is 1.95. The zero-order valence-electron chi connectivity index (χ0n) is 15.8. The van der Waals surface area contributed by atoms with Crippen LogP contribution < -0.4 is 5.32 Å². The third kappa shape index (κ3) is 3.90. The van der Waals surface area contributed by atoms with Crippen molar-refractivity contribution >= 4 is 17.5 Å². The average Bonchev–Trinajstić information content (AvgIpc) is 3.14. The van der Waals surface area contributed by atoms with Gasteiger partial charge in [-0.15, -0.1) is 0 Å². The Kier molecular flexibility index (Phi) is 5.50. The van der Waals surface area contributed by atoms with Crippen molar-refractivity contribution in [3.63, 3.8) is 0 Å². The van der Waals surface area contributed by atoms with Gasteiger partial charge in [-0.05, 0) is 69.0 Å². The summed E-state index contributed by atoms with van der Waals surface area (Å²) in [5.41, 5.74) is 2.79. The van der Waals surface area contributed by atoms with Crippen LogP contribution in [-0.4, -0.2) is 46.8 Å². The van der Waals surface area contributed by atoms with Crippen LogP contribution in [-0.2, 0) is 0 Å². The molecule has 1 N–H and O–H groups in total. The van der Waals surface area contributed by atoms with Gasteiger partial charge in [-0.3, -0.25) is 4.79 Å². The molecule has 1 aromatic heterocycles. The predicted octanol–water partition coefficient (Wildman–Crippen LogP) is 3.86. The number of hydrogen-bond acceptors (Lipinski definition) is 3. The molecule has 1 aromatic carbocycles. The highest BCUT2D eigenvalue weighted by Gasteiger charge is 2.30. The van der Waals surface area contributed by atoms with E-state index in [-0.39, 0.29) is 5.91 Å². The second-order valence-electron chi connectivity index (χ2n) is 7.83. The standard InChI is InChI=1S/C21H27ClN4O/c1-15-8-12-25(13-9-15)21(27)19-14-24-26(18-4-2-17(22)3-5-18)20(19)16-6-10-23-11-7-16/h2-5,14-16,23H,6-13H2,1H3. The van der Waals surface area contributed by atoms with E-state index in [2.05, 4.69) is 17.3 Å². The van der Waals surface area contributed by atoms with Gasteiger partial charge in [0.05, 0.1) is 23.1 Å². The van der Waals surface area contributed by atoms with Crippen molar-refractivity contribution in [3.8, 4) is 5.69 Å². The Morgan fingerprint density at radius 1 is 1.11 bits per heavy atom. The Hall–Kier alpha value is -1.85. The molecule has 0 radical (unpaired) electrons. The number of likely N-dealkylation sites (tertiary alicyclic amines) is 1. The van der Waals surface area contributed by atoms with E-state index >= 15 is 0 Å². The fourth-order valence-electron chi connectivity index (χ4n) is 4.18. The van der Waals surface area contributed by atoms with Gasteiger partial charge in [0.15, 0.2) is 0 Å². The van der Waals surface area contributed by atoms with Gasteiger partial charge >= 0.3 is 0 Å². The van der Waals surface area contributed by atoms with Crippen LogP contribution in [0.25, 0.3) is 5.69 Å². The van der Waals surface area contributed by atoms with E-state index in [1.54, 1.807) is 6.20 Å². The minimum Gasteiger partial charge on any atom is -0.339 e. The van der Waals surface area contributed by atoms with Crippen LogP contribution in [0.5, 0.6) is 0 Å². The summed E-state index contributed by atoms with van der Waals surface area (Å²) in [6.45, 7) is 5.91. The number of carbonyl (C=O) groups is 1. The second-order valence-corrected chi connectivity index (χ2v) is 8.27. The van der Waals surface area contributed by atoms with E-state index in [0.29, 0.717) is 16.9 Å². The topological polar surface area (TPSA) is 50.2 Å². The van der Waals surface area contributed by atoms with Crippen molar-refractivity contribution in [1.29, 1.82) is 0 Å². The van der Waals surface area contributed by atoms with Crippen LogP contribution >= 0.6 is 11.6 Å². The van der Waals surface area contributed by atoms with Gasteiger partial charge in [0.2, 0.25) is 0 Å². The maximum atomic E-state index is 13.3. The zero-order chi connectivity index (χ0) is 18.8. The van der Waals surface area contributed by atoms with E-state index < -0.39 is 0 Å². The molecule has 6 heteroatoms. The Labute approximate surface area is 165 Å². The molecule has 0 unspecified atom stereocenters. The molecule has 144 valence electrons. The zero-order valence-corrected chi connectivity index (χ0v) is 16.6. The first-order chi connectivity index (χ1) is 13.1. The van der Waals surface area contributed by atoms with Crippen molar-refractivity contribution in [2.24, 2.45) is 5.92 Å². The summed E-state index contributed by atoms with van der Waals surface area (Å²) in [6.07, 6.45) is 5.99. The van der Waals surface area contributed by atoms with Crippen LogP contribution in [0, 0.1) is 5.92 Å². The second kappa shape index (κ2) is 8.03. The first kappa shape index (κ1) is 18.5. The van der Waals surface area contributed by atoms with E-state index in [9.17, 15) is 4.79 Å². The molecule has 0 atom stereocenters. The summed E-state index contributed by atoms with van der Waals surface area (Å²) in [5.74, 6) is 1.18. The number of nitrogens with zero attached hydrogens (tertiary/aromatic N) is 3. The molecule has 5 nitrogen and oxygen atoms in total. The maximum Gasteiger partial charge on any atom is 0.257 e. The largest absolute Gasteiger partial charge is 0.339 e. The monoisotopic (exact) mass is 386 g/mol. The van der Waals surface area contributed by atoms with Gasteiger partial charge in [0.1, 0.15) is 0 Å². The van der Waals surface area contributed by atoms with Crippen molar-refractivity contribution in [1.82, 2.24) is 20.0 Å². The lowest BCUT2D eigenvalue weighted by Crippen LogP contribution is -2.38. The van der Waals surface area contributed by atoms with Crippen molar-refractivity contribution in [3.05, 3.63) is 46.7 Å². The lowest BCUT2D eigenvalue weighted by molar-refractivity contribution is 0.0695. The first-order valence-electron chi connectivity index (χ1n) is 9.97. The van der Waals surface area contributed by atoms with Gasteiger partial charge in [0.25, 0.3) is 5.91 Å². The number of rotatable bonds is 3. The SMILES string of the molecule is CC1CCN(C(=O)c2cnn(-c3ccc(Cl)cc3)c2C2CCNCC2)CC1. The first-order valence-corrected chi connectivity index (χ1v) is 10.3. The van der Waals surface area contributed by atoms with Crippen LogP contribution in [0.1, 0.15) is 54.6 Å². The van der Waals surface area contributed by atoms with Crippen LogP contribution in [0.15, 0.2) is 30.5 Å². The molecule has 1 amide bonds. The number of hydrogen-bond donors (Lipinski definition) is 1. The molecule has 2 aliphatic heterocycles. The number of carbonyl (C=O) groups excluding carboxylic acids is 1. The van der Waals surface area contributed by atoms with Crippen molar-refractivity contribution < 1.29 is 4.79 Å². The number of aromatic nitrogens is 2. The number of piperidine rings is 2. The molecule has 2 saturated heterocycles. The summed E-state index contributed by atoms with van der Waals surface area (Å²) in [5, 5.41) is 8.75. The number of nitrogens with one attached hydrogen (secondary N) is 1. The molecule has 0 bridgehead atoms. The van der Waals surface area contributed by atoms with Gasteiger partial charge in [-0.25, -0.2) is 4.68 Å². The van der Waals surface area contributed by atoms with Gasteiger partial charge in [-0.2, -0.15) is 5.10 Å². The van der Waals surface area contributed by atoms with E-state index in [1.165, 1.54) is 0 Å². The molecule has 2 aliphatic rings. The van der Waals surface area contributed by atoms with Crippen molar-refractivity contribution in [2.45, 2.75) is 38.5 Å². The van der Waals surface area contributed by atoms with Crippen LogP contribution in [0.2, 0.25) is 5.02 Å². The third-order valence-corrected chi connectivity index (χ3v) is 6.16. The summed E-state index contributed by atoms with van der Waals surface area (Å²) in [4.78, 5) is 15.3. The fraction of sp³-hybridized carbons (Fsp3) is 0.524. The molecule has 0 aliphatic carbocycles. The lowest BCUT2D eigenvalue weighted by Gasteiger charge is -2.31. The molecule has 3 heterocycles. The Morgan fingerprint density at radius 3 is 2.44 bits per heavy atom. The van der Waals surface area contributed by atoms with Gasteiger partial charge in [-0.1, -0.05) is 18.5 Å². The van der Waals surface area contributed by atoms with Crippen LogP contribution in [0.3, 0.4) is 0 Å². The van der Waals surface area contributed by atoms with E-state index in [1.807, 2.05) is 33.8 Å².